The second-order valence-corrected chi connectivity index (χ2v) is 5.19. The molecule has 0 unspecified atom stereocenters. The van der Waals surface area contributed by atoms with Gasteiger partial charge in [-0.05, 0) is 24.5 Å². The minimum Gasteiger partial charge on any atom is -0.508 e. The van der Waals surface area contributed by atoms with Gasteiger partial charge < -0.3 is 5.11 Å². The number of imide groups is 1. The monoisotopic (exact) mass is 257 g/mol. The lowest BCUT2D eigenvalue weighted by Crippen LogP contribution is -2.31. The van der Waals surface area contributed by atoms with Crippen LogP contribution in [0.15, 0.2) is 36.4 Å². The number of aromatic hydroxyl groups is 1. The Morgan fingerprint density at radius 3 is 2.74 bits per heavy atom. The van der Waals surface area contributed by atoms with Gasteiger partial charge in [-0.25, -0.2) is 4.90 Å². The average molecular weight is 257 g/mol. The summed E-state index contributed by atoms with van der Waals surface area (Å²) < 4.78 is 0. The third-order valence-electron chi connectivity index (χ3n) is 3.96. The number of nitrogens with zero attached hydrogens (tertiary/aromatic N) is 1. The SMILES string of the molecule is C[C@H]1C=CC[C@H]2C(=O)N(c3cccc(O)c3)C(=O)[C@H]12. The quantitative estimate of drug-likeness (QED) is 0.619. The van der Waals surface area contributed by atoms with E-state index >= 15 is 0 Å². The van der Waals surface area contributed by atoms with Crippen LogP contribution in [0.25, 0.3) is 0 Å². The van der Waals surface area contributed by atoms with E-state index in [2.05, 4.69) is 0 Å². The Morgan fingerprint density at radius 1 is 1.26 bits per heavy atom. The number of hydrogen-bond donors (Lipinski definition) is 1. The molecule has 0 saturated carbocycles. The number of anilines is 1. The largest absolute Gasteiger partial charge is 0.508 e. The van der Waals surface area contributed by atoms with E-state index in [0.29, 0.717) is 12.1 Å². The third kappa shape index (κ3) is 1.75. The molecule has 1 N–H and O–H groups in total. The number of rotatable bonds is 1. The van der Waals surface area contributed by atoms with Crippen molar-refractivity contribution in [1.82, 2.24) is 0 Å². The van der Waals surface area contributed by atoms with Crippen LogP contribution in [-0.4, -0.2) is 16.9 Å². The zero-order chi connectivity index (χ0) is 13.6. The molecule has 2 aliphatic rings. The maximum atomic E-state index is 12.5. The molecular weight excluding hydrogens is 242 g/mol. The van der Waals surface area contributed by atoms with Gasteiger partial charge in [0.05, 0.1) is 17.5 Å². The molecule has 1 fully saturated rings. The summed E-state index contributed by atoms with van der Waals surface area (Å²) >= 11 is 0. The molecule has 1 aliphatic heterocycles. The molecule has 0 radical (unpaired) electrons. The fourth-order valence-electron chi connectivity index (χ4n) is 3.03. The molecule has 1 aliphatic carbocycles. The summed E-state index contributed by atoms with van der Waals surface area (Å²) in [5.74, 6) is -0.694. The number of allylic oxidation sites excluding steroid dienone is 2. The zero-order valence-corrected chi connectivity index (χ0v) is 10.6. The molecule has 3 rings (SSSR count). The van der Waals surface area contributed by atoms with Crippen molar-refractivity contribution >= 4 is 17.5 Å². The summed E-state index contributed by atoms with van der Waals surface area (Å²) in [5.41, 5.74) is 0.455. The van der Waals surface area contributed by atoms with E-state index < -0.39 is 0 Å². The number of carbonyl (C=O) groups is 2. The highest BCUT2D eigenvalue weighted by Gasteiger charge is 2.50. The minimum absolute atomic E-state index is 0.0548. The number of fused-ring (bicyclic) bond motifs is 1. The molecule has 0 spiro atoms. The number of hydrogen-bond acceptors (Lipinski definition) is 3. The van der Waals surface area contributed by atoms with E-state index in [1.165, 1.54) is 17.0 Å². The van der Waals surface area contributed by atoms with Crippen molar-refractivity contribution in [2.75, 3.05) is 4.90 Å². The van der Waals surface area contributed by atoms with Gasteiger partial charge in [-0.3, -0.25) is 9.59 Å². The molecule has 98 valence electrons. The van der Waals surface area contributed by atoms with E-state index in [0.717, 1.165) is 0 Å². The number of amides is 2. The summed E-state index contributed by atoms with van der Waals surface area (Å²) in [7, 11) is 0. The molecular formula is C15H15NO3. The molecule has 4 heteroatoms. The van der Waals surface area contributed by atoms with Gasteiger partial charge in [-0.15, -0.1) is 0 Å². The van der Waals surface area contributed by atoms with Crippen molar-refractivity contribution in [2.45, 2.75) is 13.3 Å². The van der Waals surface area contributed by atoms with Gasteiger partial charge in [0.25, 0.3) is 0 Å². The Hall–Kier alpha value is -2.10. The Labute approximate surface area is 111 Å². The summed E-state index contributed by atoms with van der Waals surface area (Å²) in [6.45, 7) is 1.96. The first kappa shape index (κ1) is 12.0. The van der Waals surface area contributed by atoms with Gasteiger partial charge in [0.2, 0.25) is 11.8 Å². The number of phenols is 1. The lowest BCUT2D eigenvalue weighted by Gasteiger charge is -2.22. The van der Waals surface area contributed by atoms with Gasteiger partial charge >= 0.3 is 0 Å². The van der Waals surface area contributed by atoms with E-state index in [1.54, 1.807) is 12.1 Å². The van der Waals surface area contributed by atoms with Crippen molar-refractivity contribution in [1.29, 1.82) is 0 Å². The molecule has 1 aromatic rings. The van der Waals surface area contributed by atoms with Gasteiger partial charge in [0.1, 0.15) is 5.75 Å². The predicted molar refractivity (Wildman–Crippen MR) is 70.5 cm³/mol. The molecule has 1 aromatic carbocycles. The summed E-state index contributed by atoms with van der Waals surface area (Å²) in [6.07, 6.45) is 4.59. The molecule has 0 aromatic heterocycles. The molecule has 1 heterocycles. The minimum atomic E-state index is -0.264. The highest BCUT2D eigenvalue weighted by Crippen LogP contribution is 2.40. The number of carbonyl (C=O) groups excluding carboxylic acids is 2. The van der Waals surface area contributed by atoms with Crippen LogP contribution in [0.3, 0.4) is 0 Å². The molecule has 2 amide bonds. The van der Waals surface area contributed by atoms with Crippen LogP contribution in [0.5, 0.6) is 5.75 Å². The fraction of sp³-hybridized carbons (Fsp3) is 0.333. The Balaban J connectivity index is 2.01. The van der Waals surface area contributed by atoms with Crippen LogP contribution in [0.4, 0.5) is 5.69 Å². The van der Waals surface area contributed by atoms with Crippen molar-refractivity contribution in [3.63, 3.8) is 0 Å². The van der Waals surface area contributed by atoms with Crippen LogP contribution >= 0.6 is 0 Å². The summed E-state index contributed by atoms with van der Waals surface area (Å²) in [5, 5.41) is 9.49. The number of benzene rings is 1. The van der Waals surface area contributed by atoms with Crippen molar-refractivity contribution in [3.8, 4) is 5.75 Å². The predicted octanol–water partition coefficient (Wildman–Crippen LogP) is 2.09. The van der Waals surface area contributed by atoms with Gasteiger partial charge in [-0.1, -0.05) is 25.1 Å². The Morgan fingerprint density at radius 2 is 2.05 bits per heavy atom. The lowest BCUT2D eigenvalue weighted by molar-refractivity contribution is -0.122. The van der Waals surface area contributed by atoms with Gasteiger partial charge in [0.15, 0.2) is 0 Å². The van der Waals surface area contributed by atoms with Crippen molar-refractivity contribution in [3.05, 3.63) is 36.4 Å². The van der Waals surface area contributed by atoms with Crippen molar-refractivity contribution in [2.24, 2.45) is 17.8 Å². The first-order valence-corrected chi connectivity index (χ1v) is 6.43. The van der Waals surface area contributed by atoms with E-state index in [-0.39, 0.29) is 35.3 Å². The lowest BCUT2D eigenvalue weighted by atomic mass is 9.78. The highest BCUT2D eigenvalue weighted by atomic mass is 16.3. The molecule has 1 saturated heterocycles. The normalized spacial score (nSPS) is 29.7. The maximum absolute atomic E-state index is 12.5. The van der Waals surface area contributed by atoms with Gasteiger partial charge in [-0.2, -0.15) is 0 Å². The van der Waals surface area contributed by atoms with Crippen LogP contribution in [-0.2, 0) is 9.59 Å². The van der Waals surface area contributed by atoms with E-state index in [1.807, 2.05) is 19.1 Å². The molecule has 3 atom stereocenters. The second kappa shape index (κ2) is 4.23. The van der Waals surface area contributed by atoms with Crippen molar-refractivity contribution < 1.29 is 14.7 Å². The van der Waals surface area contributed by atoms with Gasteiger partial charge in [0, 0.05) is 6.07 Å². The van der Waals surface area contributed by atoms with Crippen LogP contribution in [0, 0.1) is 17.8 Å². The zero-order valence-electron chi connectivity index (χ0n) is 10.6. The Bertz CT molecular complexity index is 579. The average Bonchev–Trinajstić information content (AvgIpc) is 2.63. The smallest absolute Gasteiger partial charge is 0.238 e. The van der Waals surface area contributed by atoms with E-state index in [4.69, 9.17) is 0 Å². The first-order chi connectivity index (χ1) is 9.09. The highest BCUT2D eigenvalue weighted by molar-refractivity contribution is 6.22. The summed E-state index contributed by atoms with van der Waals surface area (Å²) in [6, 6.07) is 6.27. The second-order valence-electron chi connectivity index (χ2n) is 5.19. The van der Waals surface area contributed by atoms with Crippen LogP contribution in [0.1, 0.15) is 13.3 Å². The molecule has 4 nitrogen and oxygen atoms in total. The molecule has 19 heavy (non-hydrogen) atoms. The van der Waals surface area contributed by atoms with E-state index in [9.17, 15) is 14.7 Å². The van der Waals surface area contributed by atoms with Crippen LogP contribution in [0.2, 0.25) is 0 Å². The summed E-state index contributed by atoms with van der Waals surface area (Å²) in [4.78, 5) is 26.1. The standard InChI is InChI=1S/C15H15NO3/c1-9-4-2-7-12-13(9)15(19)16(14(12)18)10-5-3-6-11(17)8-10/h2-6,8-9,12-13,17H,7H2,1H3/t9-,12+,13+/m0/s1. The Kier molecular flexibility index (Phi) is 2.66. The fourth-order valence-corrected chi connectivity index (χ4v) is 3.03. The number of phenolic OH excluding ortho intramolecular Hbond substituents is 1. The topological polar surface area (TPSA) is 57.6 Å². The molecule has 0 bridgehead atoms. The maximum Gasteiger partial charge on any atom is 0.238 e. The van der Waals surface area contributed by atoms with Crippen LogP contribution < -0.4 is 4.90 Å². The third-order valence-corrected chi connectivity index (χ3v) is 3.96. The first-order valence-electron chi connectivity index (χ1n) is 6.43.